The number of aromatic nitrogens is 3. The molecule has 1 aromatic carbocycles. The van der Waals surface area contributed by atoms with Crippen LogP contribution in [0, 0.1) is 25.2 Å². The molecule has 0 spiro atoms. The van der Waals surface area contributed by atoms with Crippen molar-refractivity contribution < 1.29 is 4.79 Å². The van der Waals surface area contributed by atoms with Gasteiger partial charge in [-0.25, -0.2) is 4.79 Å². The number of nitrogens with two attached hydrogens (primary N) is 1. The number of likely N-dealkylation sites (N-methyl/N-ethyl adjacent to an activating group) is 1. The van der Waals surface area contributed by atoms with E-state index in [4.69, 9.17) is 5.73 Å². The lowest BCUT2D eigenvalue weighted by Crippen LogP contribution is -2.41. The Kier molecular flexibility index (Phi) is 8.38. The zero-order chi connectivity index (χ0) is 26.4. The zero-order valence-corrected chi connectivity index (χ0v) is 21.2. The normalized spacial score (nSPS) is 10.8. The second-order valence-corrected chi connectivity index (χ2v) is 8.68. The Morgan fingerprint density at radius 2 is 1.86 bits per heavy atom. The molecule has 0 aliphatic rings. The van der Waals surface area contributed by atoms with Crippen LogP contribution >= 0.6 is 0 Å². The molecule has 4 N–H and O–H groups in total. The molecule has 0 aliphatic heterocycles. The molecule has 190 valence electrons. The number of nitriles is 1. The summed E-state index contributed by atoms with van der Waals surface area (Å²) in [4.78, 5) is 42.0. The van der Waals surface area contributed by atoms with Gasteiger partial charge in [0.15, 0.2) is 0 Å². The molecule has 0 radical (unpaired) electrons. The fourth-order valence-corrected chi connectivity index (χ4v) is 4.21. The maximum atomic E-state index is 13.2. The molecule has 2 heterocycles. The highest BCUT2D eigenvalue weighted by molar-refractivity contribution is 5.95. The van der Waals surface area contributed by atoms with E-state index in [1.54, 1.807) is 6.92 Å². The Labute approximate surface area is 210 Å². The van der Waals surface area contributed by atoms with E-state index in [0.29, 0.717) is 31.0 Å². The van der Waals surface area contributed by atoms with Gasteiger partial charge in [0.2, 0.25) is 5.91 Å². The Bertz CT molecular complexity index is 1390. The molecular weight excluding hydrogens is 458 g/mol. The molecule has 0 fully saturated rings. The smallest absolute Gasteiger partial charge is 0.330 e. The number of carbonyl (C=O) groups is 1. The summed E-state index contributed by atoms with van der Waals surface area (Å²) < 4.78 is 3.23. The average molecular weight is 492 g/mol. The summed E-state index contributed by atoms with van der Waals surface area (Å²) in [5.41, 5.74) is 8.19. The van der Waals surface area contributed by atoms with Crippen molar-refractivity contribution in [1.29, 1.82) is 5.26 Å². The molecule has 36 heavy (non-hydrogen) atoms. The largest absolute Gasteiger partial charge is 0.383 e. The molecule has 10 heteroatoms. The number of H-pyrrole nitrogens is 1. The second-order valence-electron chi connectivity index (χ2n) is 8.68. The maximum absolute atomic E-state index is 13.2. The van der Waals surface area contributed by atoms with Gasteiger partial charge in [0, 0.05) is 25.3 Å². The molecule has 0 saturated carbocycles. The minimum Gasteiger partial charge on any atom is -0.383 e. The van der Waals surface area contributed by atoms with Crippen LogP contribution in [0.15, 0.2) is 39.9 Å². The first-order chi connectivity index (χ1) is 17.2. The highest BCUT2D eigenvalue weighted by Gasteiger charge is 2.23. The molecule has 0 atom stereocenters. The van der Waals surface area contributed by atoms with Gasteiger partial charge < -0.3 is 20.5 Å². The van der Waals surface area contributed by atoms with Crippen LogP contribution in [0.4, 0.5) is 17.3 Å². The number of benzene rings is 1. The fourth-order valence-electron chi connectivity index (χ4n) is 4.21. The summed E-state index contributed by atoms with van der Waals surface area (Å²) >= 11 is 0. The Balaban J connectivity index is 1.93. The highest BCUT2D eigenvalue weighted by atomic mass is 16.2. The fraction of sp³-hybridized carbons (Fsp3) is 0.385. The Morgan fingerprint density at radius 3 is 2.47 bits per heavy atom. The molecule has 1 amide bonds. The summed E-state index contributed by atoms with van der Waals surface area (Å²) in [5, 5.41) is 12.7. The van der Waals surface area contributed by atoms with Crippen molar-refractivity contribution >= 4 is 23.2 Å². The van der Waals surface area contributed by atoms with Crippen LogP contribution < -0.4 is 27.2 Å². The molecule has 3 aromatic rings. The predicted octanol–water partition coefficient (Wildman–Crippen LogP) is 2.72. The van der Waals surface area contributed by atoms with E-state index < -0.39 is 17.2 Å². The lowest BCUT2D eigenvalue weighted by Gasteiger charge is -2.24. The third kappa shape index (κ3) is 5.35. The number of unbranched alkanes of at least 4 members (excludes halogenated alkanes) is 1. The number of hydrogen-bond donors (Lipinski definition) is 3. The number of carbonyl (C=O) groups excluding carboxylic acids is 1. The summed E-state index contributed by atoms with van der Waals surface area (Å²) in [6.07, 6.45) is 1.57. The highest BCUT2D eigenvalue weighted by Crippen LogP contribution is 2.27. The molecular formula is C26H33N7O3. The quantitative estimate of drug-likeness (QED) is 0.398. The topological polar surface area (TPSA) is 142 Å². The number of nitrogen functional groups attached to an aromatic ring is 1. The van der Waals surface area contributed by atoms with E-state index in [1.807, 2.05) is 55.7 Å². The number of aromatic amines is 1. The van der Waals surface area contributed by atoms with Gasteiger partial charge in [-0.3, -0.25) is 19.1 Å². The van der Waals surface area contributed by atoms with Crippen LogP contribution in [0.1, 0.15) is 49.1 Å². The van der Waals surface area contributed by atoms with Crippen molar-refractivity contribution in [3.05, 3.63) is 73.6 Å². The van der Waals surface area contributed by atoms with E-state index in [1.165, 1.54) is 9.47 Å². The first-order valence-corrected chi connectivity index (χ1v) is 12.0. The van der Waals surface area contributed by atoms with Crippen LogP contribution in [0.25, 0.3) is 0 Å². The first-order valence-electron chi connectivity index (χ1n) is 12.0. The molecule has 0 bridgehead atoms. The van der Waals surface area contributed by atoms with Gasteiger partial charge in [-0.05, 0) is 38.3 Å². The van der Waals surface area contributed by atoms with Crippen molar-refractivity contribution in [3.63, 3.8) is 0 Å². The van der Waals surface area contributed by atoms with Crippen molar-refractivity contribution in [3.8, 4) is 6.07 Å². The van der Waals surface area contributed by atoms with Gasteiger partial charge >= 0.3 is 5.69 Å². The zero-order valence-electron chi connectivity index (χ0n) is 21.2. The summed E-state index contributed by atoms with van der Waals surface area (Å²) in [5.74, 6) is 0.0289. The maximum Gasteiger partial charge on any atom is 0.330 e. The molecule has 2 aromatic heterocycles. The van der Waals surface area contributed by atoms with Crippen molar-refractivity contribution in [2.45, 2.75) is 53.6 Å². The van der Waals surface area contributed by atoms with E-state index in [2.05, 4.69) is 16.4 Å². The molecule has 0 unspecified atom stereocenters. The number of rotatable bonds is 10. The van der Waals surface area contributed by atoms with Crippen LogP contribution in [-0.4, -0.2) is 33.1 Å². The molecule has 10 nitrogen and oxygen atoms in total. The number of amides is 1. The van der Waals surface area contributed by atoms with Gasteiger partial charge in [0.25, 0.3) is 5.56 Å². The van der Waals surface area contributed by atoms with Crippen molar-refractivity contribution in [2.24, 2.45) is 0 Å². The minimum atomic E-state index is -0.642. The predicted molar refractivity (Wildman–Crippen MR) is 141 cm³/mol. The van der Waals surface area contributed by atoms with Crippen molar-refractivity contribution in [2.75, 3.05) is 29.0 Å². The van der Waals surface area contributed by atoms with Gasteiger partial charge in [0.1, 0.15) is 23.4 Å². The lowest BCUT2D eigenvalue weighted by atomic mass is 10.2. The van der Waals surface area contributed by atoms with Crippen LogP contribution in [0.3, 0.4) is 0 Å². The van der Waals surface area contributed by atoms with Gasteiger partial charge in [-0.2, -0.15) is 5.26 Å². The third-order valence-electron chi connectivity index (χ3n) is 6.36. The lowest BCUT2D eigenvalue weighted by molar-refractivity contribution is -0.115. The number of nitrogens with zero attached hydrogens (tertiary/aromatic N) is 4. The molecule has 3 rings (SSSR count). The van der Waals surface area contributed by atoms with E-state index in [9.17, 15) is 19.6 Å². The number of nitrogens with one attached hydrogen (secondary N) is 2. The van der Waals surface area contributed by atoms with Crippen molar-refractivity contribution in [1.82, 2.24) is 14.1 Å². The van der Waals surface area contributed by atoms with Gasteiger partial charge in [0.05, 0.1) is 12.1 Å². The second kappa shape index (κ2) is 11.4. The van der Waals surface area contributed by atoms with Crippen LogP contribution in [-0.2, 0) is 17.9 Å². The van der Waals surface area contributed by atoms with E-state index in [-0.39, 0.29) is 18.1 Å². The first kappa shape index (κ1) is 26.3. The monoisotopic (exact) mass is 491 g/mol. The standard InChI is InChI=1S/C26H33N7O3/c1-5-7-13-32-23(28)22(25(35)30-26(32)36)31(6-2)16-21(34)29-24-20(14-27)17(3)18(4)33(24)15-19-11-9-8-10-12-19/h8-12H,5-7,13,15-16,28H2,1-4H3,(H,29,34)(H,30,35,36). The number of hydrogen-bond acceptors (Lipinski definition) is 6. The van der Waals surface area contributed by atoms with Crippen LogP contribution in [0.5, 0.6) is 0 Å². The minimum absolute atomic E-state index is 0.0312. The summed E-state index contributed by atoms with van der Waals surface area (Å²) in [7, 11) is 0. The number of anilines is 3. The van der Waals surface area contributed by atoms with E-state index in [0.717, 1.165) is 29.7 Å². The summed E-state index contributed by atoms with van der Waals surface area (Å²) in [6, 6.07) is 12.0. The van der Waals surface area contributed by atoms with Gasteiger partial charge in [-0.1, -0.05) is 43.7 Å². The third-order valence-corrected chi connectivity index (χ3v) is 6.36. The molecule has 0 aliphatic carbocycles. The van der Waals surface area contributed by atoms with Gasteiger partial charge in [-0.15, -0.1) is 0 Å². The van der Waals surface area contributed by atoms with E-state index >= 15 is 0 Å². The summed E-state index contributed by atoms with van der Waals surface area (Å²) in [6.45, 7) is 8.51. The molecule has 0 saturated heterocycles. The Hall–Kier alpha value is -4.26. The average Bonchev–Trinajstić information content (AvgIpc) is 3.07. The van der Waals surface area contributed by atoms with Crippen LogP contribution in [0.2, 0.25) is 0 Å². The Morgan fingerprint density at radius 1 is 1.17 bits per heavy atom. The SMILES string of the molecule is CCCCn1c(N)c(N(CC)CC(=O)Nc2c(C#N)c(C)c(C)n2Cc2ccccc2)c(=O)[nH]c1=O.